The third-order valence-electron chi connectivity index (χ3n) is 2.93. The van der Waals surface area contributed by atoms with Gasteiger partial charge in [-0.1, -0.05) is 13.8 Å². The van der Waals surface area contributed by atoms with Gasteiger partial charge in [-0.2, -0.15) is 4.39 Å². The average molecular weight is 327 g/mol. The molecule has 0 saturated heterocycles. The Bertz CT molecular complexity index is 539. The number of nitrogens with two attached hydrogens (primary N) is 1. The maximum Gasteiger partial charge on any atom is 0.256 e. The summed E-state index contributed by atoms with van der Waals surface area (Å²) in [5.74, 6) is -7.05. The van der Waals surface area contributed by atoms with Crippen molar-refractivity contribution in [2.24, 2.45) is 11.1 Å². The molecule has 1 amide bonds. The Morgan fingerprint density at radius 1 is 1.33 bits per heavy atom. The van der Waals surface area contributed by atoms with Crippen LogP contribution in [0.25, 0.3) is 0 Å². The summed E-state index contributed by atoms with van der Waals surface area (Å²) < 4.78 is 39.8. The van der Waals surface area contributed by atoms with Crippen molar-refractivity contribution in [1.82, 2.24) is 4.90 Å². The molecule has 120 valence electrons. The Hall–Kier alpha value is -1.47. The van der Waals surface area contributed by atoms with Crippen molar-refractivity contribution in [3.05, 3.63) is 29.1 Å². The van der Waals surface area contributed by atoms with Crippen LogP contribution in [0.2, 0.25) is 0 Å². The van der Waals surface area contributed by atoms with E-state index >= 15 is 0 Å². The molecular weight excluding hydrogens is 309 g/mol. The van der Waals surface area contributed by atoms with E-state index < -0.39 is 40.1 Å². The topological polar surface area (TPSA) is 66.6 Å². The van der Waals surface area contributed by atoms with Crippen LogP contribution in [0.15, 0.2) is 6.07 Å². The fourth-order valence-corrected chi connectivity index (χ4v) is 1.73. The van der Waals surface area contributed by atoms with Crippen molar-refractivity contribution in [3.63, 3.8) is 0 Å². The molecule has 0 aliphatic carbocycles. The maximum atomic E-state index is 13.6. The molecule has 0 aliphatic heterocycles. The predicted molar refractivity (Wildman–Crippen MR) is 75.0 cm³/mol. The number of nitrogens with zero attached hydrogens (tertiary/aromatic N) is 1. The molecule has 0 unspecified atom stereocenters. The minimum atomic E-state index is -1.72. The summed E-state index contributed by atoms with van der Waals surface area (Å²) in [5.41, 5.74) is 4.39. The smallest absolute Gasteiger partial charge is 0.256 e. The van der Waals surface area contributed by atoms with Crippen molar-refractivity contribution in [2.45, 2.75) is 13.8 Å². The van der Waals surface area contributed by atoms with Crippen LogP contribution in [0.5, 0.6) is 5.75 Å². The number of hydrogen-bond donors (Lipinski definition) is 2. The molecule has 0 spiro atoms. The lowest BCUT2D eigenvalue weighted by Gasteiger charge is -2.29. The zero-order chi connectivity index (χ0) is 15.7. The first-order valence-electron chi connectivity index (χ1n) is 5.92. The Balaban J connectivity index is 0.00000400. The molecule has 0 radical (unpaired) electrons. The van der Waals surface area contributed by atoms with Gasteiger partial charge < -0.3 is 15.7 Å². The van der Waals surface area contributed by atoms with Crippen LogP contribution in [0.4, 0.5) is 13.2 Å². The Morgan fingerprint density at radius 3 is 2.33 bits per heavy atom. The van der Waals surface area contributed by atoms with Gasteiger partial charge >= 0.3 is 0 Å². The number of hydrogen-bond acceptors (Lipinski definition) is 3. The molecule has 3 N–H and O–H groups in total. The van der Waals surface area contributed by atoms with Crippen LogP contribution >= 0.6 is 12.4 Å². The molecule has 1 aromatic rings. The number of carbonyl (C=O) groups excluding carboxylic acids is 1. The lowest BCUT2D eigenvalue weighted by molar-refractivity contribution is 0.0734. The summed E-state index contributed by atoms with van der Waals surface area (Å²) in [6.07, 6.45) is 0. The van der Waals surface area contributed by atoms with Crippen molar-refractivity contribution in [2.75, 3.05) is 20.1 Å². The van der Waals surface area contributed by atoms with Crippen molar-refractivity contribution >= 4 is 18.3 Å². The van der Waals surface area contributed by atoms with Gasteiger partial charge in [0, 0.05) is 13.6 Å². The normalized spacial score (nSPS) is 11.0. The number of halogens is 4. The zero-order valence-corrected chi connectivity index (χ0v) is 12.7. The average Bonchev–Trinajstić information content (AvgIpc) is 2.39. The highest BCUT2D eigenvalue weighted by Crippen LogP contribution is 2.27. The summed E-state index contributed by atoms with van der Waals surface area (Å²) in [6, 6.07) is 0.429. The van der Waals surface area contributed by atoms with E-state index in [1.165, 1.54) is 7.05 Å². The molecule has 8 heteroatoms. The highest BCUT2D eigenvalue weighted by molar-refractivity contribution is 5.94. The van der Waals surface area contributed by atoms with Crippen LogP contribution < -0.4 is 5.73 Å². The molecule has 0 saturated carbocycles. The Morgan fingerprint density at radius 2 is 1.86 bits per heavy atom. The minimum Gasteiger partial charge on any atom is -0.503 e. The summed E-state index contributed by atoms with van der Waals surface area (Å²) in [6.45, 7) is 4.09. The van der Waals surface area contributed by atoms with Crippen LogP contribution in [0, 0.1) is 22.9 Å². The van der Waals surface area contributed by atoms with E-state index in [0.717, 1.165) is 4.90 Å². The second kappa shape index (κ2) is 7.00. The Kier molecular flexibility index (Phi) is 6.51. The summed E-state index contributed by atoms with van der Waals surface area (Å²) in [4.78, 5) is 13.2. The number of aromatic hydroxyl groups is 1. The number of rotatable bonds is 4. The predicted octanol–water partition coefficient (Wildman–Crippen LogP) is 2.29. The number of benzene rings is 1. The van der Waals surface area contributed by atoms with Crippen molar-refractivity contribution in [3.8, 4) is 5.75 Å². The van der Waals surface area contributed by atoms with Crippen LogP contribution in [-0.2, 0) is 0 Å². The SMILES string of the molecule is CN(CC(C)(C)CN)C(=O)c1cc(F)c(F)c(O)c1F.Cl. The third kappa shape index (κ3) is 4.25. The molecule has 1 aromatic carbocycles. The van der Waals surface area contributed by atoms with E-state index in [-0.39, 0.29) is 25.5 Å². The largest absolute Gasteiger partial charge is 0.503 e. The third-order valence-corrected chi connectivity index (χ3v) is 2.93. The number of carbonyl (C=O) groups is 1. The van der Waals surface area contributed by atoms with E-state index in [4.69, 9.17) is 10.8 Å². The highest BCUT2D eigenvalue weighted by Gasteiger charge is 2.27. The van der Waals surface area contributed by atoms with E-state index in [9.17, 15) is 18.0 Å². The lowest BCUT2D eigenvalue weighted by atomic mass is 9.93. The second-order valence-corrected chi connectivity index (χ2v) is 5.41. The summed E-state index contributed by atoms with van der Waals surface area (Å²) >= 11 is 0. The van der Waals surface area contributed by atoms with Gasteiger partial charge in [-0.15, -0.1) is 12.4 Å². The zero-order valence-electron chi connectivity index (χ0n) is 11.9. The van der Waals surface area contributed by atoms with Gasteiger partial charge in [0.1, 0.15) is 0 Å². The molecule has 0 aromatic heterocycles. The fourth-order valence-electron chi connectivity index (χ4n) is 1.73. The molecule has 0 fully saturated rings. The maximum absolute atomic E-state index is 13.6. The van der Waals surface area contributed by atoms with Crippen LogP contribution in [-0.4, -0.2) is 36.1 Å². The molecule has 21 heavy (non-hydrogen) atoms. The van der Waals surface area contributed by atoms with Crippen molar-refractivity contribution < 1.29 is 23.1 Å². The fraction of sp³-hybridized carbons (Fsp3) is 0.462. The van der Waals surface area contributed by atoms with E-state index in [0.29, 0.717) is 6.07 Å². The van der Waals surface area contributed by atoms with Crippen LogP contribution in [0.1, 0.15) is 24.2 Å². The molecule has 0 atom stereocenters. The van der Waals surface area contributed by atoms with E-state index in [1.807, 2.05) is 0 Å². The van der Waals surface area contributed by atoms with Gasteiger partial charge in [0.05, 0.1) is 5.56 Å². The molecule has 0 heterocycles. The minimum absolute atomic E-state index is 0. The number of phenols is 1. The van der Waals surface area contributed by atoms with Gasteiger partial charge in [0.25, 0.3) is 5.91 Å². The molecule has 0 bridgehead atoms. The van der Waals surface area contributed by atoms with Gasteiger partial charge in [0.15, 0.2) is 17.4 Å². The first-order valence-corrected chi connectivity index (χ1v) is 5.92. The summed E-state index contributed by atoms with van der Waals surface area (Å²) in [7, 11) is 1.39. The first kappa shape index (κ1) is 19.5. The monoisotopic (exact) mass is 326 g/mol. The lowest BCUT2D eigenvalue weighted by Crippen LogP contribution is -2.40. The highest BCUT2D eigenvalue weighted by atomic mass is 35.5. The van der Waals surface area contributed by atoms with E-state index in [2.05, 4.69) is 0 Å². The van der Waals surface area contributed by atoms with Gasteiger partial charge in [-0.3, -0.25) is 4.79 Å². The molecule has 4 nitrogen and oxygen atoms in total. The van der Waals surface area contributed by atoms with E-state index in [1.54, 1.807) is 13.8 Å². The first-order chi connectivity index (χ1) is 9.10. The number of phenolic OH excluding ortho intramolecular Hbond substituents is 1. The van der Waals surface area contributed by atoms with Crippen LogP contribution in [0.3, 0.4) is 0 Å². The molecular formula is C13H18ClF3N2O2. The van der Waals surface area contributed by atoms with Crippen molar-refractivity contribution in [1.29, 1.82) is 0 Å². The standard InChI is InChI=1S/C13H17F3N2O2.ClH/c1-13(2,5-17)6-18(3)12(20)7-4-8(14)10(16)11(19)9(7)15;/h4,19H,5-6,17H2,1-3H3;1H. The van der Waals surface area contributed by atoms with Gasteiger partial charge in [-0.05, 0) is 18.0 Å². The van der Waals surface area contributed by atoms with Gasteiger partial charge in [0.2, 0.25) is 5.82 Å². The Labute approximate surface area is 127 Å². The molecule has 1 rings (SSSR count). The molecule has 0 aliphatic rings. The van der Waals surface area contributed by atoms with Gasteiger partial charge in [-0.25, -0.2) is 8.78 Å². The second-order valence-electron chi connectivity index (χ2n) is 5.41. The number of amides is 1. The summed E-state index contributed by atoms with van der Waals surface area (Å²) in [5, 5.41) is 9.10. The quantitative estimate of drug-likeness (QED) is 0.834.